The fraction of sp³-hybridized carbons (Fsp3) is 0.417. The first-order chi connectivity index (χ1) is 7.15. The highest BCUT2D eigenvalue weighted by Crippen LogP contribution is 2.10. The first kappa shape index (κ1) is 11.6. The average Bonchev–Trinajstić information content (AvgIpc) is 2.18. The maximum atomic E-state index is 11.8. The van der Waals surface area contributed by atoms with E-state index < -0.39 is 0 Å². The standard InChI is InChI=1S/C12H18N2O/c1-3-6-9(2)14-12(15)10-7-4-5-8-11(10)13/h4-5,7-9H,3,6,13H2,1-2H3,(H,14,15)/t9-/m0/s1. The fourth-order valence-corrected chi connectivity index (χ4v) is 1.51. The third-order valence-corrected chi connectivity index (χ3v) is 2.30. The number of carbonyl (C=O) groups excluding carboxylic acids is 1. The molecular formula is C12H18N2O. The zero-order valence-corrected chi connectivity index (χ0v) is 9.29. The Hall–Kier alpha value is -1.51. The van der Waals surface area contributed by atoms with Crippen molar-refractivity contribution in [2.24, 2.45) is 0 Å². The second kappa shape index (κ2) is 5.39. The summed E-state index contributed by atoms with van der Waals surface area (Å²) >= 11 is 0. The van der Waals surface area contributed by atoms with Gasteiger partial charge in [0, 0.05) is 11.7 Å². The molecule has 3 heteroatoms. The number of rotatable bonds is 4. The fourth-order valence-electron chi connectivity index (χ4n) is 1.51. The van der Waals surface area contributed by atoms with Crippen LogP contribution in [0.3, 0.4) is 0 Å². The number of hydrogen-bond donors (Lipinski definition) is 2. The van der Waals surface area contributed by atoms with Crippen LogP contribution in [0.15, 0.2) is 24.3 Å². The highest BCUT2D eigenvalue weighted by Gasteiger charge is 2.10. The van der Waals surface area contributed by atoms with Crippen molar-refractivity contribution in [2.75, 3.05) is 5.73 Å². The van der Waals surface area contributed by atoms with E-state index >= 15 is 0 Å². The topological polar surface area (TPSA) is 55.1 Å². The third-order valence-electron chi connectivity index (χ3n) is 2.30. The van der Waals surface area contributed by atoms with Crippen molar-refractivity contribution < 1.29 is 4.79 Å². The number of benzene rings is 1. The Morgan fingerprint density at radius 2 is 2.13 bits per heavy atom. The quantitative estimate of drug-likeness (QED) is 0.742. The smallest absolute Gasteiger partial charge is 0.253 e. The van der Waals surface area contributed by atoms with Crippen LogP contribution < -0.4 is 11.1 Å². The van der Waals surface area contributed by atoms with Gasteiger partial charge in [0.15, 0.2) is 0 Å². The van der Waals surface area contributed by atoms with Crippen LogP contribution in [0.1, 0.15) is 37.0 Å². The zero-order chi connectivity index (χ0) is 11.3. The van der Waals surface area contributed by atoms with Gasteiger partial charge in [-0.15, -0.1) is 0 Å². The molecule has 0 heterocycles. The molecule has 0 spiro atoms. The van der Waals surface area contributed by atoms with Crippen LogP contribution in [0.5, 0.6) is 0 Å². The number of amides is 1. The lowest BCUT2D eigenvalue weighted by atomic mass is 10.1. The van der Waals surface area contributed by atoms with Crippen molar-refractivity contribution in [3.63, 3.8) is 0 Å². The predicted molar refractivity (Wildman–Crippen MR) is 62.7 cm³/mol. The van der Waals surface area contributed by atoms with Crippen molar-refractivity contribution in [3.8, 4) is 0 Å². The number of para-hydroxylation sites is 1. The maximum absolute atomic E-state index is 11.8. The van der Waals surface area contributed by atoms with E-state index in [4.69, 9.17) is 5.73 Å². The molecular weight excluding hydrogens is 188 g/mol. The number of nitrogen functional groups attached to an aromatic ring is 1. The predicted octanol–water partition coefficient (Wildman–Crippen LogP) is 2.19. The van der Waals surface area contributed by atoms with E-state index in [0.717, 1.165) is 12.8 Å². The molecule has 1 amide bonds. The molecule has 3 nitrogen and oxygen atoms in total. The van der Waals surface area contributed by atoms with E-state index in [-0.39, 0.29) is 11.9 Å². The molecule has 0 fully saturated rings. The second-order valence-corrected chi connectivity index (χ2v) is 3.75. The van der Waals surface area contributed by atoms with Crippen molar-refractivity contribution in [1.29, 1.82) is 0 Å². The molecule has 1 aromatic carbocycles. The van der Waals surface area contributed by atoms with Gasteiger partial charge < -0.3 is 11.1 Å². The number of anilines is 1. The first-order valence-corrected chi connectivity index (χ1v) is 5.30. The minimum atomic E-state index is -0.0888. The molecule has 82 valence electrons. The molecule has 1 rings (SSSR count). The summed E-state index contributed by atoms with van der Waals surface area (Å²) in [6.07, 6.45) is 2.05. The normalized spacial score (nSPS) is 12.1. The molecule has 15 heavy (non-hydrogen) atoms. The van der Waals surface area contributed by atoms with Gasteiger partial charge in [0.1, 0.15) is 0 Å². The molecule has 0 aliphatic heterocycles. The van der Waals surface area contributed by atoms with E-state index in [1.54, 1.807) is 12.1 Å². The van der Waals surface area contributed by atoms with Crippen molar-refractivity contribution in [3.05, 3.63) is 29.8 Å². The van der Waals surface area contributed by atoms with Crippen LogP contribution in [0.2, 0.25) is 0 Å². The Labute approximate surface area is 90.7 Å². The van der Waals surface area contributed by atoms with Crippen molar-refractivity contribution in [2.45, 2.75) is 32.7 Å². The lowest BCUT2D eigenvalue weighted by Crippen LogP contribution is -2.32. The van der Waals surface area contributed by atoms with E-state index in [1.165, 1.54) is 0 Å². The van der Waals surface area contributed by atoms with E-state index in [0.29, 0.717) is 11.3 Å². The summed E-state index contributed by atoms with van der Waals surface area (Å²) in [7, 11) is 0. The Bertz CT molecular complexity index is 336. The molecule has 1 atom stereocenters. The lowest BCUT2D eigenvalue weighted by Gasteiger charge is -2.13. The van der Waals surface area contributed by atoms with E-state index in [1.807, 2.05) is 19.1 Å². The van der Waals surface area contributed by atoms with Crippen molar-refractivity contribution in [1.82, 2.24) is 5.32 Å². The van der Waals surface area contributed by atoms with Gasteiger partial charge in [0.25, 0.3) is 5.91 Å². The largest absolute Gasteiger partial charge is 0.398 e. The van der Waals surface area contributed by atoms with Gasteiger partial charge in [-0.05, 0) is 25.5 Å². The van der Waals surface area contributed by atoms with Gasteiger partial charge in [-0.3, -0.25) is 4.79 Å². The van der Waals surface area contributed by atoms with Gasteiger partial charge in [0.2, 0.25) is 0 Å². The summed E-state index contributed by atoms with van der Waals surface area (Å²) in [6.45, 7) is 4.10. The monoisotopic (exact) mass is 206 g/mol. The number of hydrogen-bond acceptors (Lipinski definition) is 2. The maximum Gasteiger partial charge on any atom is 0.253 e. The summed E-state index contributed by atoms with van der Waals surface area (Å²) in [5.41, 5.74) is 6.79. The Morgan fingerprint density at radius 3 is 2.73 bits per heavy atom. The van der Waals surface area contributed by atoms with E-state index in [9.17, 15) is 4.79 Å². The van der Waals surface area contributed by atoms with Crippen LogP contribution in [0.25, 0.3) is 0 Å². The SMILES string of the molecule is CCC[C@H](C)NC(=O)c1ccccc1N. The highest BCUT2D eigenvalue weighted by molar-refractivity contribution is 5.99. The van der Waals surface area contributed by atoms with Gasteiger partial charge in [-0.1, -0.05) is 25.5 Å². The average molecular weight is 206 g/mol. The Kier molecular flexibility index (Phi) is 4.16. The summed E-state index contributed by atoms with van der Waals surface area (Å²) in [6, 6.07) is 7.31. The lowest BCUT2D eigenvalue weighted by molar-refractivity contribution is 0.0939. The van der Waals surface area contributed by atoms with E-state index in [2.05, 4.69) is 12.2 Å². The van der Waals surface area contributed by atoms with Crippen LogP contribution >= 0.6 is 0 Å². The van der Waals surface area contributed by atoms with Gasteiger partial charge in [0.05, 0.1) is 5.56 Å². The summed E-state index contributed by atoms with van der Waals surface area (Å²) < 4.78 is 0. The Balaban J connectivity index is 2.65. The molecule has 0 aromatic heterocycles. The minimum absolute atomic E-state index is 0.0888. The van der Waals surface area contributed by atoms with Gasteiger partial charge >= 0.3 is 0 Å². The number of carbonyl (C=O) groups is 1. The molecule has 0 unspecified atom stereocenters. The van der Waals surface area contributed by atoms with Crippen LogP contribution in [-0.4, -0.2) is 11.9 Å². The van der Waals surface area contributed by atoms with Crippen molar-refractivity contribution >= 4 is 11.6 Å². The molecule has 0 bridgehead atoms. The molecule has 1 aromatic rings. The zero-order valence-electron chi connectivity index (χ0n) is 9.29. The first-order valence-electron chi connectivity index (χ1n) is 5.30. The molecule has 3 N–H and O–H groups in total. The molecule has 0 aliphatic rings. The molecule has 0 saturated carbocycles. The number of nitrogens with one attached hydrogen (secondary N) is 1. The van der Waals surface area contributed by atoms with Gasteiger partial charge in [-0.2, -0.15) is 0 Å². The summed E-state index contributed by atoms with van der Waals surface area (Å²) in [5, 5.41) is 2.92. The minimum Gasteiger partial charge on any atom is -0.398 e. The third kappa shape index (κ3) is 3.27. The van der Waals surface area contributed by atoms with Crippen LogP contribution in [0, 0.1) is 0 Å². The molecule has 0 saturated heterocycles. The summed E-state index contributed by atoms with van der Waals surface area (Å²) in [4.78, 5) is 11.8. The van der Waals surface area contributed by atoms with Gasteiger partial charge in [-0.25, -0.2) is 0 Å². The molecule has 0 radical (unpaired) electrons. The molecule has 0 aliphatic carbocycles. The van der Waals surface area contributed by atoms with Crippen LogP contribution in [-0.2, 0) is 0 Å². The Morgan fingerprint density at radius 1 is 1.47 bits per heavy atom. The summed E-state index contributed by atoms with van der Waals surface area (Å²) in [5.74, 6) is -0.0888. The number of nitrogens with two attached hydrogens (primary N) is 1. The second-order valence-electron chi connectivity index (χ2n) is 3.75. The van der Waals surface area contributed by atoms with Crippen LogP contribution in [0.4, 0.5) is 5.69 Å². The highest BCUT2D eigenvalue weighted by atomic mass is 16.1.